The highest BCUT2D eigenvalue weighted by molar-refractivity contribution is 5.98. The van der Waals surface area contributed by atoms with Crippen molar-refractivity contribution in [2.45, 2.75) is 26.7 Å². The van der Waals surface area contributed by atoms with E-state index in [1.54, 1.807) is 6.07 Å². The van der Waals surface area contributed by atoms with Crippen LogP contribution in [0.1, 0.15) is 37.0 Å². The van der Waals surface area contributed by atoms with Gasteiger partial charge in [-0.2, -0.15) is 0 Å². The van der Waals surface area contributed by atoms with E-state index in [-0.39, 0.29) is 30.2 Å². The molecule has 4 amide bonds. The highest BCUT2D eigenvalue weighted by atomic mass is 16.5. The predicted molar refractivity (Wildman–Crippen MR) is 132 cm³/mol. The number of nitrogens with zero attached hydrogens (tertiary/aromatic N) is 2. The van der Waals surface area contributed by atoms with E-state index in [1.165, 1.54) is 12.1 Å². The van der Waals surface area contributed by atoms with Gasteiger partial charge in [0.25, 0.3) is 0 Å². The van der Waals surface area contributed by atoms with E-state index in [4.69, 9.17) is 4.74 Å². The normalized spacial score (nSPS) is 10.9. The van der Waals surface area contributed by atoms with Gasteiger partial charge in [-0.3, -0.25) is 0 Å². The summed E-state index contributed by atoms with van der Waals surface area (Å²) in [5.74, 6) is -0.332. The number of esters is 1. The molecule has 0 aromatic heterocycles. The molecule has 0 heterocycles. The van der Waals surface area contributed by atoms with Crippen molar-refractivity contribution in [3.05, 3.63) is 23.8 Å². The molecule has 1 rings (SSSR count). The molecular weight excluding hydrogens is 424 g/mol. The lowest BCUT2D eigenvalue weighted by Gasteiger charge is -2.14. The SMILES string of the molecule is CC(C)COC(=O)c1cc(NC(=O)NCCCN(C)C)cc(NC(=O)NCCCN(C)C)c1. The van der Waals surface area contributed by atoms with Crippen LogP contribution in [0, 0.1) is 5.92 Å². The minimum absolute atomic E-state index is 0.189. The summed E-state index contributed by atoms with van der Waals surface area (Å²) in [6.07, 6.45) is 1.62. The second kappa shape index (κ2) is 15.1. The molecular formula is C23H40N6O4. The Balaban J connectivity index is 2.83. The lowest BCUT2D eigenvalue weighted by molar-refractivity contribution is 0.0459. The van der Waals surface area contributed by atoms with Crippen molar-refractivity contribution in [2.24, 2.45) is 5.92 Å². The van der Waals surface area contributed by atoms with Gasteiger partial charge in [-0.1, -0.05) is 13.8 Å². The van der Waals surface area contributed by atoms with Crippen molar-refractivity contribution in [1.29, 1.82) is 0 Å². The first-order chi connectivity index (χ1) is 15.6. The second-order valence-corrected chi connectivity index (χ2v) is 8.87. The highest BCUT2D eigenvalue weighted by Gasteiger charge is 2.14. The number of ether oxygens (including phenoxy) is 1. The minimum Gasteiger partial charge on any atom is -0.462 e. The van der Waals surface area contributed by atoms with Gasteiger partial charge in [0.15, 0.2) is 0 Å². The number of benzene rings is 1. The van der Waals surface area contributed by atoms with Gasteiger partial charge < -0.3 is 35.8 Å². The summed E-state index contributed by atoms with van der Waals surface area (Å²) in [4.78, 5) is 41.1. The van der Waals surface area contributed by atoms with Crippen molar-refractivity contribution in [1.82, 2.24) is 20.4 Å². The van der Waals surface area contributed by atoms with Crippen LogP contribution < -0.4 is 21.3 Å². The average molecular weight is 465 g/mol. The van der Waals surface area contributed by atoms with E-state index in [0.29, 0.717) is 24.5 Å². The molecule has 0 bridgehead atoms. The number of carbonyl (C=O) groups excluding carboxylic acids is 3. The van der Waals surface area contributed by atoms with E-state index >= 15 is 0 Å². The molecule has 0 unspecified atom stereocenters. The molecule has 0 atom stereocenters. The summed E-state index contributed by atoms with van der Waals surface area (Å²) in [5, 5.41) is 11.0. The van der Waals surface area contributed by atoms with Crippen LogP contribution in [0.4, 0.5) is 21.0 Å². The standard InChI is InChI=1S/C23H40N6O4/c1-17(2)16-33-21(30)18-13-19(26-22(31)24-9-7-11-28(3)4)15-20(14-18)27-23(32)25-10-8-12-29(5)6/h13-15,17H,7-12,16H2,1-6H3,(H2,24,26,31)(H2,25,27,32). The largest absolute Gasteiger partial charge is 0.462 e. The van der Waals surface area contributed by atoms with Crippen molar-refractivity contribution in [3.8, 4) is 0 Å². The Bertz CT molecular complexity index is 719. The molecule has 1 aromatic carbocycles. The number of carbonyl (C=O) groups is 3. The molecule has 4 N–H and O–H groups in total. The molecule has 0 saturated heterocycles. The Hall–Kier alpha value is -2.85. The minimum atomic E-state index is -0.520. The molecule has 10 nitrogen and oxygen atoms in total. The highest BCUT2D eigenvalue weighted by Crippen LogP contribution is 2.20. The first-order valence-corrected chi connectivity index (χ1v) is 11.3. The van der Waals surface area contributed by atoms with Crippen LogP contribution >= 0.6 is 0 Å². The lowest BCUT2D eigenvalue weighted by atomic mass is 10.1. The van der Waals surface area contributed by atoms with Crippen LogP contribution in [0.5, 0.6) is 0 Å². The van der Waals surface area contributed by atoms with Crippen molar-refractivity contribution in [2.75, 3.05) is 71.6 Å². The fraction of sp³-hybridized carbons (Fsp3) is 0.609. The number of nitrogens with one attached hydrogen (secondary N) is 4. The van der Waals surface area contributed by atoms with E-state index < -0.39 is 5.97 Å². The monoisotopic (exact) mass is 464 g/mol. The van der Waals surface area contributed by atoms with Gasteiger partial charge in [-0.15, -0.1) is 0 Å². The van der Waals surface area contributed by atoms with Crippen molar-refractivity contribution >= 4 is 29.4 Å². The summed E-state index contributed by atoms with van der Waals surface area (Å²) < 4.78 is 5.31. The number of anilines is 2. The number of amides is 4. The summed E-state index contributed by atoms with van der Waals surface area (Å²) in [6.45, 7) is 6.91. The van der Waals surface area contributed by atoms with Gasteiger partial charge in [-0.05, 0) is 78.2 Å². The summed E-state index contributed by atoms with van der Waals surface area (Å²) in [6, 6.07) is 3.88. The molecule has 0 fully saturated rings. The van der Waals surface area contributed by atoms with Crippen LogP contribution in [-0.2, 0) is 4.74 Å². The van der Waals surface area contributed by atoms with Gasteiger partial charge in [0.1, 0.15) is 0 Å². The summed E-state index contributed by atoms with van der Waals surface area (Å²) >= 11 is 0. The van der Waals surface area contributed by atoms with Crippen LogP contribution in [0.2, 0.25) is 0 Å². The van der Waals surface area contributed by atoms with E-state index in [2.05, 4.69) is 21.3 Å². The van der Waals surface area contributed by atoms with Gasteiger partial charge in [0.2, 0.25) is 0 Å². The number of hydrogen-bond acceptors (Lipinski definition) is 6. The van der Waals surface area contributed by atoms with Crippen LogP contribution in [0.15, 0.2) is 18.2 Å². The molecule has 0 aliphatic rings. The van der Waals surface area contributed by atoms with E-state index in [9.17, 15) is 14.4 Å². The molecule has 186 valence electrons. The van der Waals surface area contributed by atoms with Crippen LogP contribution in [0.25, 0.3) is 0 Å². The van der Waals surface area contributed by atoms with Crippen LogP contribution in [0.3, 0.4) is 0 Å². The molecule has 0 radical (unpaired) electrons. The first-order valence-electron chi connectivity index (χ1n) is 11.3. The van der Waals surface area contributed by atoms with Gasteiger partial charge in [-0.25, -0.2) is 14.4 Å². The molecule has 1 aromatic rings. The Morgan fingerprint density at radius 1 is 0.818 bits per heavy atom. The average Bonchev–Trinajstić information content (AvgIpc) is 2.72. The Kier molecular flexibility index (Phi) is 12.9. The predicted octanol–water partition coefficient (Wildman–Crippen LogP) is 2.65. The number of urea groups is 2. The topological polar surface area (TPSA) is 115 Å². The number of hydrogen-bond donors (Lipinski definition) is 4. The van der Waals surface area contributed by atoms with Crippen molar-refractivity contribution < 1.29 is 19.1 Å². The quantitative estimate of drug-likeness (QED) is 0.264. The maximum absolute atomic E-state index is 12.5. The molecule has 0 aliphatic heterocycles. The van der Waals surface area contributed by atoms with Crippen LogP contribution in [-0.4, -0.2) is 88.8 Å². The van der Waals surface area contributed by atoms with Gasteiger partial charge in [0.05, 0.1) is 12.2 Å². The fourth-order valence-corrected chi connectivity index (χ4v) is 2.76. The Morgan fingerprint density at radius 3 is 1.67 bits per heavy atom. The maximum atomic E-state index is 12.5. The molecule has 33 heavy (non-hydrogen) atoms. The molecule has 0 spiro atoms. The molecule has 10 heteroatoms. The maximum Gasteiger partial charge on any atom is 0.338 e. The third-order valence-electron chi connectivity index (χ3n) is 4.37. The Morgan fingerprint density at radius 2 is 1.27 bits per heavy atom. The second-order valence-electron chi connectivity index (χ2n) is 8.87. The molecule has 0 aliphatic carbocycles. The van der Waals surface area contributed by atoms with Gasteiger partial charge in [0, 0.05) is 24.5 Å². The summed E-state index contributed by atoms with van der Waals surface area (Å²) in [5.41, 5.74) is 0.994. The smallest absolute Gasteiger partial charge is 0.338 e. The third-order valence-corrected chi connectivity index (χ3v) is 4.37. The Labute approximate surface area is 197 Å². The summed E-state index contributed by atoms with van der Waals surface area (Å²) in [7, 11) is 7.88. The number of rotatable bonds is 13. The lowest BCUT2D eigenvalue weighted by Crippen LogP contribution is -2.32. The van der Waals surface area contributed by atoms with Gasteiger partial charge >= 0.3 is 18.0 Å². The third kappa shape index (κ3) is 13.3. The zero-order valence-corrected chi connectivity index (χ0v) is 20.8. The fourth-order valence-electron chi connectivity index (χ4n) is 2.76. The van der Waals surface area contributed by atoms with E-state index in [0.717, 1.165) is 25.9 Å². The zero-order valence-electron chi connectivity index (χ0n) is 20.8. The van der Waals surface area contributed by atoms with Crippen molar-refractivity contribution in [3.63, 3.8) is 0 Å². The van der Waals surface area contributed by atoms with E-state index in [1.807, 2.05) is 51.8 Å². The first kappa shape index (κ1) is 28.2. The molecule has 0 saturated carbocycles. The zero-order chi connectivity index (χ0) is 24.8.